The van der Waals surface area contributed by atoms with Gasteiger partial charge >= 0.3 is 5.97 Å². The fourth-order valence-corrected chi connectivity index (χ4v) is 4.05. The maximum absolute atomic E-state index is 12.5. The molecule has 0 bridgehead atoms. The molecule has 10 nitrogen and oxygen atoms in total. The number of benzene rings is 1. The number of amides is 1. The highest BCUT2D eigenvalue weighted by Crippen LogP contribution is 2.33. The van der Waals surface area contributed by atoms with E-state index in [0.717, 1.165) is 11.3 Å². The minimum absolute atomic E-state index is 0.0458. The van der Waals surface area contributed by atoms with Crippen LogP contribution in [0.25, 0.3) is 11.4 Å². The van der Waals surface area contributed by atoms with Crippen LogP contribution in [-0.4, -0.2) is 42.8 Å². The molecular weight excluding hydrogens is 448 g/mol. The quantitative estimate of drug-likeness (QED) is 0.464. The summed E-state index contributed by atoms with van der Waals surface area (Å²) in [7, 11) is 3.08. The van der Waals surface area contributed by atoms with Gasteiger partial charge in [0, 0.05) is 18.4 Å². The van der Waals surface area contributed by atoms with Crippen LogP contribution in [0.4, 0.5) is 5.00 Å². The number of esters is 1. The van der Waals surface area contributed by atoms with E-state index in [0.29, 0.717) is 38.3 Å². The molecule has 0 atom stereocenters. The van der Waals surface area contributed by atoms with Crippen molar-refractivity contribution in [3.05, 3.63) is 40.1 Å². The van der Waals surface area contributed by atoms with Crippen molar-refractivity contribution in [2.75, 3.05) is 26.1 Å². The van der Waals surface area contributed by atoms with Gasteiger partial charge in [0.15, 0.2) is 11.5 Å². The Bertz CT molecular complexity index is 1210. The zero-order valence-electron chi connectivity index (χ0n) is 18.6. The van der Waals surface area contributed by atoms with Crippen molar-refractivity contribution in [2.24, 2.45) is 0 Å². The molecule has 0 aliphatic rings. The predicted octanol–water partition coefficient (Wildman–Crippen LogP) is 3.74. The lowest BCUT2D eigenvalue weighted by molar-refractivity contribution is -0.116. The molecule has 1 aromatic carbocycles. The molecule has 172 valence electrons. The van der Waals surface area contributed by atoms with Crippen LogP contribution in [0.3, 0.4) is 0 Å². The molecule has 0 radical (unpaired) electrons. The van der Waals surface area contributed by atoms with Crippen molar-refractivity contribution in [3.63, 3.8) is 0 Å². The molecule has 0 saturated heterocycles. The number of methoxy groups -OCH3 is 2. The molecule has 3 rings (SSSR count). The standard InChI is InChI=1S/C22H22N4O6S/c1-5-31-22(28)19-12(2)14(11-23)21(33-19)24-17(27)8-9-18-25-20(26-32-18)13-6-7-15(29-3)16(10-13)30-4/h6-7,10H,5,8-9H2,1-4H3,(H,24,27). The minimum atomic E-state index is -0.523. The van der Waals surface area contributed by atoms with E-state index in [4.69, 9.17) is 18.7 Å². The summed E-state index contributed by atoms with van der Waals surface area (Å²) in [5.74, 6) is 0.867. The molecule has 11 heteroatoms. The molecule has 3 aromatic rings. The van der Waals surface area contributed by atoms with E-state index in [1.807, 2.05) is 6.07 Å². The van der Waals surface area contributed by atoms with Crippen LogP contribution in [-0.2, 0) is 16.0 Å². The Morgan fingerprint density at radius 2 is 2.00 bits per heavy atom. The summed E-state index contributed by atoms with van der Waals surface area (Å²) in [5.41, 5.74) is 1.39. The number of carbonyl (C=O) groups excluding carboxylic acids is 2. The van der Waals surface area contributed by atoms with E-state index in [1.54, 1.807) is 39.2 Å². The summed E-state index contributed by atoms with van der Waals surface area (Å²) in [6.45, 7) is 3.56. The van der Waals surface area contributed by atoms with Gasteiger partial charge in [0.1, 0.15) is 15.9 Å². The van der Waals surface area contributed by atoms with Crippen molar-refractivity contribution >= 4 is 28.2 Å². The normalized spacial score (nSPS) is 10.4. The lowest BCUT2D eigenvalue weighted by atomic mass is 10.1. The number of thiophene rings is 1. The molecule has 2 heterocycles. The number of carbonyl (C=O) groups is 2. The van der Waals surface area contributed by atoms with Gasteiger partial charge in [0.05, 0.1) is 26.4 Å². The van der Waals surface area contributed by atoms with Crippen LogP contribution in [0.1, 0.15) is 40.0 Å². The van der Waals surface area contributed by atoms with Crippen molar-refractivity contribution in [1.29, 1.82) is 5.26 Å². The fraction of sp³-hybridized carbons (Fsp3) is 0.318. The fourth-order valence-electron chi connectivity index (χ4n) is 2.99. The van der Waals surface area contributed by atoms with Crippen LogP contribution in [0.15, 0.2) is 22.7 Å². The summed E-state index contributed by atoms with van der Waals surface area (Å²) in [5, 5.41) is 16.4. The Balaban J connectivity index is 1.66. The molecule has 0 unspecified atom stereocenters. The maximum atomic E-state index is 12.5. The summed E-state index contributed by atoms with van der Waals surface area (Å²) >= 11 is 1.01. The first-order valence-electron chi connectivity index (χ1n) is 9.97. The lowest BCUT2D eigenvalue weighted by Gasteiger charge is -2.07. The van der Waals surface area contributed by atoms with Crippen molar-refractivity contribution in [2.45, 2.75) is 26.7 Å². The van der Waals surface area contributed by atoms with Crippen LogP contribution in [0.5, 0.6) is 11.5 Å². The first-order chi connectivity index (χ1) is 15.9. The Labute approximate surface area is 194 Å². The van der Waals surface area contributed by atoms with Crippen molar-refractivity contribution < 1.29 is 28.3 Å². The second kappa shape index (κ2) is 10.6. The summed E-state index contributed by atoms with van der Waals surface area (Å²) in [6, 6.07) is 7.26. The number of aryl methyl sites for hydroxylation is 1. The average Bonchev–Trinajstić information content (AvgIpc) is 3.41. The van der Waals surface area contributed by atoms with Crippen molar-refractivity contribution in [1.82, 2.24) is 10.1 Å². The van der Waals surface area contributed by atoms with Gasteiger partial charge in [-0.05, 0) is 37.6 Å². The van der Waals surface area contributed by atoms with Gasteiger partial charge < -0.3 is 24.1 Å². The molecule has 0 saturated carbocycles. The third kappa shape index (κ3) is 5.30. The third-order valence-electron chi connectivity index (χ3n) is 4.65. The third-order valence-corrected chi connectivity index (χ3v) is 5.84. The van der Waals surface area contributed by atoms with Gasteiger partial charge in [-0.2, -0.15) is 10.2 Å². The van der Waals surface area contributed by atoms with Gasteiger partial charge in [0.25, 0.3) is 0 Å². The first kappa shape index (κ1) is 23.7. The van der Waals surface area contributed by atoms with E-state index >= 15 is 0 Å². The molecule has 0 spiro atoms. The zero-order chi connectivity index (χ0) is 24.0. The number of hydrogen-bond acceptors (Lipinski definition) is 10. The summed E-state index contributed by atoms with van der Waals surface area (Å²) in [4.78, 5) is 29.1. The second-order valence-electron chi connectivity index (χ2n) is 6.72. The molecule has 0 aliphatic carbocycles. The molecule has 1 N–H and O–H groups in total. The number of aromatic nitrogens is 2. The van der Waals surface area contributed by atoms with Gasteiger partial charge in [-0.15, -0.1) is 11.3 Å². The highest BCUT2D eigenvalue weighted by Gasteiger charge is 2.22. The molecular formula is C22H22N4O6S. The molecule has 0 aliphatic heterocycles. The Morgan fingerprint density at radius 3 is 2.67 bits per heavy atom. The topological polar surface area (TPSA) is 137 Å². The van der Waals surface area contributed by atoms with Crippen LogP contribution < -0.4 is 14.8 Å². The highest BCUT2D eigenvalue weighted by atomic mass is 32.1. The molecule has 0 fully saturated rings. The summed E-state index contributed by atoms with van der Waals surface area (Å²) < 4.78 is 20.8. The number of nitriles is 1. The van der Waals surface area contributed by atoms with Gasteiger partial charge in [-0.25, -0.2) is 4.79 Å². The number of rotatable bonds is 9. The van der Waals surface area contributed by atoms with Crippen LogP contribution in [0, 0.1) is 18.3 Å². The van der Waals surface area contributed by atoms with Crippen LogP contribution >= 0.6 is 11.3 Å². The number of nitrogens with zero attached hydrogens (tertiary/aromatic N) is 3. The van der Waals surface area contributed by atoms with Crippen molar-refractivity contribution in [3.8, 4) is 29.0 Å². The van der Waals surface area contributed by atoms with Gasteiger partial charge in [-0.1, -0.05) is 5.16 Å². The number of hydrogen-bond donors (Lipinski definition) is 1. The Morgan fingerprint density at radius 1 is 1.24 bits per heavy atom. The largest absolute Gasteiger partial charge is 0.493 e. The van der Waals surface area contributed by atoms with Gasteiger partial charge in [0.2, 0.25) is 17.6 Å². The molecule has 33 heavy (non-hydrogen) atoms. The van der Waals surface area contributed by atoms with Gasteiger partial charge in [-0.3, -0.25) is 4.79 Å². The van der Waals surface area contributed by atoms with E-state index in [1.165, 1.54) is 7.11 Å². The minimum Gasteiger partial charge on any atom is -0.493 e. The molecule has 2 aromatic heterocycles. The van der Waals surface area contributed by atoms with E-state index in [-0.39, 0.29) is 36.8 Å². The Kier molecular flexibility index (Phi) is 7.63. The Hall–Kier alpha value is -3.91. The highest BCUT2D eigenvalue weighted by molar-refractivity contribution is 7.18. The van der Waals surface area contributed by atoms with Crippen LogP contribution in [0.2, 0.25) is 0 Å². The van der Waals surface area contributed by atoms with E-state index in [9.17, 15) is 14.9 Å². The second-order valence-corrected chi connectivity index (χ2v) is 7.74. The lowest BCUT2D eigenvalue weighted by Crippen LogP contribution is -2.12. The average molecular weight is 471 g/mol. The number of anilines is 1. The maximum Gasteiger partial charge on any atom is 0.348 e. The predicted molar refractivity (Wildman–Crippen MR) is 120 cm³/mol. The van der Waals surface area contributed by atoms with E-state index in [2.05, 4.69) is 15.5 Å². The zero-order valence-corrected chi connectivity index (χ0v) is 19.4. The monoisotopic (exact) mass is 470 g/mol. The summed E-state index contributed by atoms with van der Waals surface area (Å²) in [6.07, 6.45) is 0.243. The SMILES string of the molecule is CCOC(=O)c1sc(NC(=O)CCc2nc(-c3ccc(OC)c(OC)c3)no2)c(C#N)c1C. The number of nitrogens with one attached hydrogen (secondary N) is 1. The molecule has 1 amide bonds. The number of ether oxygens (including phenoxy) is 3. The first-order valence-corrected chi connectivity index (χ1v) is 10.8. The van der Waals surface area contributed by atoms with E-state index < -0.39 is 5.97 Å². The smallest absolute Gasteiger partial charge is 0.348 e.